The van der Waals surface area contributed by atoms with Gasteiger partial charge >= 0.3 is 0 Å². The first kappa shape index (κ1) is 24.5. The lowest BCUT2D eigenvalue weighted by molar-refractivity contribution is -0.117. The lowest BCUT2D eigenvalue weighted by Gasteiger charge is -2.18. The average molecular weight is 491 g/mol. The fourth-order valence-corrected chi connectivity index (χ4v) is 5.54. The topological polar surface area (TPSA) is 127 Å². The number of benzene rings is 2. The summed E-state index contributed by atoms with van der Waals surface area (Å²) < 4.78 is 56.5. The molecule has 9 nitrogen and oxygen atoms in total. The molecule has 0 radical (unpaired) electrons. The van der Waals surface area contributed by atoms with Gasteiger partial charge in [-0.2, -0.15) is 5.10 Å². The molecule has 11 heteroatoms. The molecular weight excluding hydrogens is 464 g/mol. The SMILES string of the molecule is CC(=O)NS(=O)(=O)c1ccc(NS(=O)(=O)c2cn(Cc3ccccc3)nc2C(C)(C)C)cc1. The number of sulfonamides is 2. The Balaban J connectivity index is 1.91. The third kappa shape index (κ3) is 5.99. The van der Waals surface area contributed by atoms with Gasteiger partial charge in [0.25, 0.3) is 20.0 Å². The summed E-state index contributed by atoms with van der Waals surface area (Å²) in [5, 5.41) is 4.54. The van der Waals surface area contributed by atoms with E-state index < -0.39 is 31.4 Å². The van der Waals surface area contributed by atoms with E-state index in [-0.39, 0.29) is 15.5 Å². The van der Waals surface area contributed by atoms with E-state index in [1.807, 2.05) is 55.8 Å². The highest BCUT2D eigenvalue weighted by atomic mass is 32.2. The Bertz CT molecular complexity index is 1360. The highest BCUT2D eigenvalue weighted by Crippen LogP contribution is 2.29. The molecule has 0 bridgehead atoms. The van der Waals surface area contributed by atoms with Gasteiger partial charge in [0.1, 0.15) is 4.90 Å². The number of rotatable bonds is 7. The maximum atomic E-state index is 13.2. The minimum atomic E-state index is -4.02. The van der Waals surface area contributed by atoms with Crippen LogP contribution in [0.25, 0.3) is 0 Å². The van der Waals surface area contributed by atoms with Crippen LogP contribution in [-0.2, 0) is 36.8 Å². The average Bonchev–Trinajstić information content (AvgIpc) is 3.13. The molecule has 0 saturated heterocycles. The van der Waals surface area contributed by atoms with Crippen LogP contribution < -0.4 is 9.44 Å². The highest BCUT2D eigenvalue weighted by molar-refractivity contribution is 7.92. The fraction of sp³-hybridized carbons (Fsp3) is 0.273. The molecule has 1 aromatic heterocycles. The van der Waals surface area contributed by atoms with Crippen LogP contribution in [0.5, 0.6) is 0 Å². The number of aromatic nitrogens is 2. The zero-order chi connectivity index (χ0) is 24.4. The third-order valence-corrected chi connectivity index (χ3v) is 7.44. The molecule has 1 amide bonds. The van der Waals surface area contributed by atoms with Crippen LogP contribution in [0, 0.1) is 0 Å². The number of hydrogen-bond acceptors (Lipinski definition) is 6. The summed E-state index contributed by atoms with van der Waals surface area (Å²) in [6, 6.07) is 14.6. The van der Waals surface area contributed by atoms with Crippen molar-refractivity contribution in [3.63, 3.8) is 0 Å². The molecule has 0 spiro atoms. The second-order valence-electron chi connectivity index (χ2n) is 8.57. The number of nitrogens with one attached hydrogen (secondary N) is 2. The summed E-state index contributed by atoms with van der Waals surface area (Å²) in [5.41, 5.74) is 1.03. The number of carbonyl (C=O) groups is 1. The van der Waals surface area contributed by atoms with Crippen LogP contribution in [0.3, 0.4) is 0 Å². The molecule has 0 aliphatic rings. The van der Waals surface area contributed by atoms with Gasteiger partial charge in [0.2, 0.25) is 5.91 Å². The molecule has 176 valence electrons. The Labute approximate surface area is 193 Å². The van der Waals surface area contributed by atoms with Crippen molar-refractivity contribution in [2.75, 3.05) is 4.72 Å². The maximum Gasteiger partial charge on any atom is 0.265 e. The fourth-order valence-electron chi connectivity index (χ4n) is 3.13. The van der Waals surface area contributed by atoms with Gasteiger partial charge in [0.15, 0.2) is 0 Å². The highest BCUT2D eigenvalue weighted by Gasteiger charge is 2.30. The standard InChI is InChI=1S/C22H26N4O5S2/c1-16(27)24-32(28,29)19-12-10-18(11-13-19)25-33(30,31)20-15-26(23-21(20)22(2,3)4)14-17-8-6-5-7-9-17/h5-13,15,25H,14H2,1-4H3,(H,24,27). The van der Waals surface area contributed by atoms with E-state index in [2.05, 4.69) is 9.82 Å². The van der Waals surface area contributed by atoms with Gasteiger partial charge in [0.05, 0.1) is 17.1 Å². The Morgan fingerprint density at radius 1 is 0.939 bits per heavy atom. The summed E-state index contributed by atoms with van der Waals surface area (Å²) >= 11 is 0. The second kappa shape index (κ2) is 8.99. The molecule has 1 heterocycles. The van der Waals surface area contributed by atoms with Crippen LogP contribution in [0.2, 0.25) is 0 Å². The van der Waals surface area contributed by atoms with E-state index in [0.717, 1.165) is 12.5 Å². The van der Waals surface area contributed by atoms with Crippen LogP contribution >= 0.6 is 0 Å². The number of anilines is 1. The minimum absolute atomic E-state index is 0.0425. The molecule has 0 aliphatic heterocycles. The molecule has 33 heavy (non-hydrogen) atoms. The Morgan fingerprint density at radius 2 is 1.55 bits per heavy atom. The normalized spacial score (nSPS) is 12.4. The molecule has 0 unspecified atom stereocenters. The van der Waals surface area contributed by atoms with Crippen molar-refractivity contribution < 1.29 is 21.6 Å². The van der Waals surface area contributed by atoms with Crippen molar-refractivity contribution in [3.8, 4) is 0 Å². The predicted molar refractivity (Wildman–Crippen MR) is 125 cm³/mol. The largest absolute Gasteiger partial charge is 0.280 e. The first-order chi connectivity index (χ1) is 15.3. The van der Waals surface area contributed by atoms with Gasteiger partial charge in [-0.05, 0) is 29.8 Å². The first-order valence-corrected chi connectivity index (χ1v) is 13.0. The number of hydrogen-bond donors (Lipinski definition) is 2. The summed E-state index contributed by atoms with van der Waals surface area (Å²) in [4.78, 5) is 11.0. The van der Waals surface area contributed by atoms with Crippen molar-refractivity contribution in [1.82, 2.24) is 14.5 Å². The quantitative estimate of drug-likeness (QED) is 0.524. The molecule has 0 aliphatic carbocycles. The van der Waals surface area contributed by atoms with Crippen LogP contribution in [-0.4, -0.2) is 32.5 Å². The van der Waals surface area contributed by atoms with Gasteiger partial charge in [-0.1, -0.05) is 51.1 Å². The van der Waals surface area contributed by atoms with Gasteiger partial charge in [-0.3, -0.25) is 14.2 Å². The molecule has 0 atom stereocenters. The Morgan fingerprint density at radius 3 is 2.09 bits per heavy atom. The lowest BCUT2D eigenvalue weighted by atomic mass is 9.92. The molecular formula is C22H26N4O5S2. The predicted octanol–water partition coefficient (Wildman–Crippen LogP) is 2.85. The van der Waals surface area contributed by atoms with E-state index in [1.54, 1.807) is 4.68 Å². The summed E-state index contributed by atoms with van der Waals surface area (Å²) in [6.07, 6.45) is 1.49. The molecule has 2 N–H and O–H groups in total. The van der Waals surface area contributed by atoms with E-state index in [1.165, 1.54) is 30.5 Å². The van der Waals surface area contributed by atoms with Crippen molar-refractivity contribution in [1.29, 1.82) is 0 Å². The number of nitrogens with zero attached hydrogens (tertiary/aromatic N) is 2. The molecule has 0 fully saturated rings. The van der Waals surface area contributed by atoms with Gasteiger partial charge < -0.3 is 0 Å². The lowest BCUT2D eigenvalue weighted by Crippen LogP contribution is -2.28. The van der Waals surface area contributed by atoms with Crippen LogP contribution in [0.4, 0.5) is 5.69 Å². The maximum absolute atomic E-state index is 13.2. The third-order valence-electron chi connectivity index (χ3n) is 4.61. The molecule has 3 rings (SSSR count). The zero-order valence-electron chi connectivity index (χ0n) is 18.7. The van der Waals surface area contributed by atoms with E-state index in [9.17, 15) is 21.6 Å². The monoisotopic (exact) mass is 490 g/mol. The molecule has 0 saturated carbocycles. The Hall–Kier alpha value is -3.18. The summed E-state index contributed by atoms with van der Waals surface area (Å²) in [6.45, 7) is 7.13. The van der Waals surface area contributed by atoms with E-state index in [0.29, 0.717) is 12.2 Å². The zero-order valence-corrected chi connectivity index (χ0v) is 20.4. The van der Waals surface area contributed by atoms with E-state index in [4.69, 9.17) is 0 Å². The van der Waals surface area contributed by atoms with Crippen molar-refractivity contribution in [2.45, 2.75) is 49.4 Å². The second-order valence-corrected chi connectivity index (χ2v) is 11.9. The van der Waals surface area contributed by atoms with Crippen molar-refractivity contribution >= 4 is 31.6 Å². The van der Waals surface area contributed by atoms with E-state index >= 15 is 0 Å². The van der Waals surface area contributed by atoms with Crippen molar-refractivity contribution in [3.05, 3.63) is 72.1 Å². The van der Waals surface area contributed by atoms with Crippen LogP contribution in [0.15, 0.2) is 70.6 Å². The number of amides is 1. The molecule has 3 aromatic rings. The van der Waals surface area contributed by atoms with Crippen molar-refractivity contribution in [2.24, 2.45) is 0 Å². The van der Waals surface area contributed by atoms with Gasteiger partial charge in [-0.25, -0.2) is 21.6 Å². The van der Waals surface area contributed by atoms with Crippen LogP contribution in [0.1, 0.15) is 39.0 Å². The van der Waals surface area contributed by atoms with Gasteiger partial charge in [-0.15, -0.1) is 0 Å². The summed E-state index contributed by atoms with van der Waals surface area (Å²) in [7, 11) is -8.03. The first-order valence-electron chi connectivity index (χ1n) is 10.1. The Kier molecular flexibility index (Phi) is 6.66. The number of carbonyl (C=O) groups excluding carboxylic acids is 1. The minimum Gasteiger partial charge on any atom is -0.280 e. The summed E-state index contributed by atoms with van der Waals surface area (Å²) in [5.74, 6) is -0.720. The molecule has 2 aromatic carbocycles. The van der Waals surface area contributed by atoms with Gasteiger partial charge in [0, 0.05) is 24.2 Å². The smallest absolute Gasteiger partial charge is 0.265 e.